The first kappa shape index (κ1) is 17.3. The SMILES string of the molecule is O=C(NCc1cccnc1)c1cnc(NCCCN2CCCC2=O)s1. The predicted molar refractivity (Wildman–Crippen MR) is 96.4 cm³/mol. The molecule has 2 N–H and O–H groups in total. The van der Waals surface area contributed by atoms with Crippen LogP contribution < -0.4 is 10.6 Å². The molecule has 0 radical (unpaired) electrons. The molecule has 7 nitrogen and oxygen atoms in total. The lowest BCUT2D eigenvalue weighted by molar-refractivity contribution is -0.127. The molecule has 1 fully saturated rings. The Labute approximate surface area is 150 Å². The lowest BCUT2D eigenvalue weighted by atomic mass is 10.3. The number of carbonyl (C=O) groups is 2. The van der Waals surface area contributed by atoms with Gasteiger partial charge in [0.1, 0.15) is 4.88 Å². The molecule has 132 valence electrons. The van der Waals surface area contributed by atoms with Gasteiger partial charge in [-0.25, -0.2) is 4.98 Å². The van der Waals surface area contributed by atoms with Crippen molar-refractivity contribution in [3.05, 3.63) is 41.2 Å². The molecule has 0 atom stereocenters. The molecule has 25 heavy (non-hydrogen) atoms. The van der Waals surface area contributed by atoms with Crippen molar-refractivity contribution in [1.29, 1.82) is 0 Å². The smallest absolute Gasteiger partial charge is 0.263 e. The first-order chi connectivity index (χ1) is 12.2. The van der Waals surface area contributed by atoms with Crippen LogP contribution in [0.25, 0.3) is 0 Å². The predicted octanol–water partition coefficient (Wildman–Crippen LogP) is 1.89. The van der Waals surface area contributed by atoms with Gasteiger partial charge in [-0.1, -0.05) is 17.4 Å². The van der Waals surface area contributed by atoms with Gasteiger partial charge in [0.2, 0.25) is 5.91 Å². The summed E-state index contributed by atoms with van der Waals surface area (Å²) in [7, 11) is 0. The number of hydrogen-bond donors (Lipinski definition) is 2. The first-order valence-electron chi connectivity index (χ1n) is 8.37. The Balaban J connectivity index is 1.39. The number of anilines is 1. The minimum absolute atomic E-state index is 0.142. The van der Waals surface area contributed by atoms with Crippen molar-refractivity contribution < 1.29 is 9.59 Å². The van der Waals surface area contributed by atoms with E-state index in [-0.39, 0.29) is 11.8 Å². The molecular weight excluding hydrogens is 338 g/mol. The van der Waals surface area contributed by atoms with Crippen LogP contribution in [0.4, 0.5) is 5.13 Å². The van der Waals surface area contributed by atoms with E-state index in [1.54, 1.807) is 18.6 Å². The topological polar surface area (TPSA) is 87.2 Å². The number of hydrogen-bond acceptors (Lipinski definition) is 6. The Bertz CT molecular complexity index is 719. The fourth-order valence-corrected chi connectivity index (χ4v) is 3.40. The maximum Gasteiger partial charge on any atom is 0.263 e. The van der Waals surface area contributed by atoms with E-state index in [4.69, 9.17) is 0 Å². The summed E-state index contributed by atoms with van der Waals surface area (Å²) in [6.07, 6.45) is 7.52. The summed E-state index contributed by atoms with van der Waals surface area (Å²) in [5.41, 5.74) is 0.954. The minimum atomic E-state index is -0.142. The third kappa shape index (κ3) is 4.99. The van der Waals surface area contributed by atoms with Gasteiger partial charge < -0.3 is 15.5 Å². The lowest BCUT2D eigenvalue weighted by Gasteiger charge is -2.14. The van der Waals surface area contributed by atoms with Gasteiger partial charge in [0.15, 0.2) is 5.13 Å². The third-order valence-electron chi connectivity index (χ3n) is 3.96. The second-order valence-electron chi connectivity index (χ2n) is 5.84. The van der Waals surface area contributed by atoms with E-state index < -0.39 is 0 Å². The van der Waals surface area contributed by atoms with Crippen LogP contribution in [0.15, 0.2) is 30.7 Å². The van der Waals surface area contributed by atoms with Crippen LogP contribution in [0, 0.1) is 0 Å². The Morgan fingerprint density at radius 2 is 2.28 bits per heavy atom. The van der Waals surface area contributed by atoms with E-state index >= 15 is 0 Å². The number of aromatic nitrogens is 2. The van der Waals surface area contributed by atoms with Gasteiger partial charge in [0.05, 0.1) is 6.20 Å². The molecule has 1 saturated heterocycles. The number of likely N-dealkylation sites (tertiary alicyclic amines) is 1. The van der Waals surface area contributed by atoms with Crippen LogP contribution in [-0.2, 0) is 11.3 Å². The van der Waals surface area contributed by atoms with E-state index in [1.807, 2.05) is 17.0 Å². The Hall–Kier alpha value is -2.48. The second kappa shape index (κ2) is 8.57. The summed E-state index contributed by atoms with van der Waals surface area (Å²) in [6.45, 7) is 2.82. The van der Waals surface area contributed by atoms with E-state index in [2.05, 4.69) is 20.6 Å². The molecule has 0 aliphatic carbocycles. The zero-order valence-electron chi connectivity index (χ0n) is 13.9. The quantitative estimate of drug-likeness (QED) is 0.703. The molecule has 0 saturated carbocycles. The molecule has 3 heterocycles. The van der Waals surface area contributed by atoms with Crippen molar-refractivity contribution in [3.63, 3.8) is 0 Å². The summed E-state index contributed by atoms with van der Waals surface area (Å²) in [6, 6.07) is 3.75. The second-order valence-corrected chi connectivity index (χ2v) is 6.87. The molecular formula is C17H21N5O2S. The van der Waals surface area contributed by atoms with Crippen molar-refractivity contribution in [2.75, 3.05) is 25.0 Å². The van der Waals surface area contributed by atoms with Gasteiger partial charge >= 0.3 is 0 Å². The number of rotatable bonds is 8. The van der Waals surface area contributed by atoms with Gasteiger partial charge in [0, 0.05) is 45.0 Å². The molecule has 3 rings (SSSR count). The average molecular weight is 359 g/mol. The Morgan fingerprint density at radius 1 is 1.36 bits per heavy atom. The minimum Gasteiger partial charge on any atom is -0.361 e. The molecule has 2 amide bonds. The zero-order valence-corrected chi connectivity index (χ0v) is 14.7. The van der Waals surface area contributed by atoms with E-state index in [0.717, 1.165) is 43.2 Å². The summed E-state index contributed by atoms with van der Waals surface area (Å²) in [4.78, 5) is 34.4. The highest BCUT2D eigenvalue weighted by Gasteiger charge is 2.19. The number of pyridine rings is 1. The number of amides is 2. The first-order valence-corrected chi connectivity index (χ1v) is 9.18. The maximum absolute atomic E-state index is 12.1. The zero-order chi connectivity index (χ0) is 17.5. The van der Waals surface area contributed by atoms with Crippen LogP contribution in [0.1, 0.15) is 34.5 Å². The fraction of sp³-hybridized carbons (Fsp3) is 0.412. The highest BCUT2D eigenvalue weighted by Crippen LogP contribution is 2.18. The molecule has 0 bridgehead atoms. The molecule has 1 aliphatic heterocycles. The number of nitrogens with one attached hydrogen (secondary N) is 2. The molecule has 0 spiro atoms. The fourth-order valence-electron chi connectivity index (χ4n) is 2.64. The summed E-state index contributed by atoms with van der Waals surface area (Å²) in [5, 5.41) is 6.79. The Morgan fingerprint density at radius 3 is 3.04 bits per heavy atom. The van der Waals surface area contributed by atoms with Crippen molar-refractivity contribution in [3.8, 4) is 0 Å². The van der Waals surface area contributed by atoms with Gasteiger partial charge in [0.25, 0.3) is 5.91 Å². The van der Waals surface area contributed by atoms with Gasteiger partial charge in [-0.2, -0.15) is 0 Å². The largest absolute Gasteiger partial charge is 0.361 e. The highest BCUT2D eigenvalue weighted by molar-refractivity contribution is 7.17. The van der Waals surface area contributed by atoms with Gasteiger partial charge in [-0.05, 0) is 24.5 Å². The van der Waals surface area contributed by atoms with Crippen molar-refractivity contribution in [2.24, 2.45) is 0 Å². The van der Waals surface area contributed by atoms with E-state index in [1.165, 1.54) is 11.3 Å². The van der Waals surface area contributed by atoms with E-state index in [0.29, 0.717) is 17.8 Å². The standard InChI is InChI=1S/C17H21N5O2S/c23-15-5-2-8-22(15)9-3-7-19-17-21-12-14(25-17)16(24)20-11-13-4-1-6-18-10-13/h1,4,6,10,12H,2-3,5,7-9,11H2,(H,19,21)(H,20,24). The van der Waals surface area contributed by atoms with Crippen LogP contribution >= 0.6 is 11.3 Å². The van der Waals surface area contributed by atoms with Crippen molar-refractivity contribution in [2.45, 2.75) is 25.8 Å². The summed E-state index contributed by atoms with van der Waals surface area (Å²) in [5.74, 6) is 0.110. The normalized spacial score (nSPS) is 13.9. The van der Waals surface area contributed by atoms with Crippen molar-refractivity contribution in [1.82, 2.24) is 20.2 Å². The van der Waals surface area contributed by atoms with Gasteiger partial charge in [-0.15, -0.1) is 0 Å². The highest BCUT2D eigenvalue weighted by atomic mass is 32.1. The van der Waals surface area contributed by atoms with Crippen LogP contribution in [-0.4, -0.2) is 46.3 Å². The number of thiazole rings is 1. The summed E-state index contributed by atoms with van der Waals surface area (Å²) < 4.78 is 0. The maximum atomic E-state index is 12.1. The van der Waals surface area contributed by atoms with Gasteiger partial charge in [-0.3, -0.25) is 14.6 Å². The van der Waals surface area contributed by atoms with Crippen LogP contribution in [0.3, 0.4) is 0 Å². The molecule has 1 aliphatic rings. The molecule has 2 aromatic rings. The molecule has 8 heteroatoms. The monoisotopic (exact) mass is 359 g/mol. The Kier molecular flexibility index (Phi) is 5.95. The van der Waals surface area contributed by atoms with E-state index in [9.17, 15) is 9.59 Å². The third-order valence-corrected chi connectivity index (χ3v) is 4.91. The molecule has 2 aromatic heterocycles. The lowest BCUT2D eigenvalue weighted by Crippen LogP contribution is -2.26. The van der Waals surface area contributed by atoms with Crippen LogP contribution in [0.5, 0.6) is 0 Å². The summed E-state index contributed by atoms with van der Waals surface area (Å²) >= 11 is 1.33. The molecule has 0 unspecified atom stereocenters. The molecule has 0 aromatic carbocycles. The van der Waals surface area contributed by atoms with Crippen LogP contribution in [0.2, 0.25) is 0 Å². The van der Waals surface area contributed by atoms with Crippen molar-refractivity contribution >= 4 is 28.3 Å². The average Bonchev–Trinajstić information content (AvgIpc) is 3.27. The number of nitrogens with zero attached hydrogens (tertiary/aromatic N) is 3. The number of carbonyl (C=O) groups excluding carboxylic acids is 2.